The second-order valence-electron chi connectivity index (χ2n) is 5.43. The molecule has 3 atom stereocenters. The van der Waals surface area contributed by atoms with E-state index >= 15 is 0 Å². The lowest BCUT2D eigenvalue weighted by Gasteiger charge is -2.36. The Kier molecular flexibility index (Phi) is 7.27. The third-order valence-corrected chi connectivity index (χ3v) is 7.57. The first-order valence-electron chi connectivity index (χ1n) is 7.81. The highest BCUT2D eigenvalue weighted by Gasteiger charge is 2.30. The Morgan fingerprint density at radius 3 is 2.57 bits per heavy atom. The summed E-state index contributed by atoms with van der Waals surface area (Å²) in [4.78, 5) is 0. The number of rotatable bonds is 7. The minimum absolute atomic E-state index is 0.606. The minimum Gasteiger partial charge on any atom is -0.497 e. The largest absolute Gasteiger partial charge is 0.497 e. The minimum atomic E-state index is 0.606. The molecular weight excluding hydrogens is 298 g/mol. The third-order valence-electron chi connectivity index (χ3n) is 4.16. The van der Waals surface area contributed by atoms with Crippen LogP contribution in [0.25, 0.3) is 0 Å². The van der Waals surface area contributed by atoms with Crippen LogP contribution < -0.4 is 10.1 Å². The average Bonchev–Trinajstić information content (AvgIpc) is 2.56. The number of benzene rings is 1. The van der Waals surface area contributed by atoms with E-state index in [4.69, 9.17) is 4.74 Å². The second-order valence-corrected chi connectivity index (χ2v) is 8.07. The van der Waals surface area contributed by atoms with E-state index in [0.29, 0.717) is 6.04 Å². The highest BCUT2D eigenvalue weighted by atomic mass is 32.2. The van der Waals surface area contributed by atoms with E-state index in [1.54, 1.807) is 7.11 Å². The fourth-order valence-electron chi connectivity index (χ4n) is 2.90. The molecule has 1 aliphatic rings. The van der Waals surface area contributed by atoms with Crippen molar-refractivity contribution in [1.29, 1.82) is 0 Å². The van der Waals surface area contributed by atoms with E-state index in [1.807, 2.05) is 0 Å². The van der Waals surface area contributed by atoms with Gasteiger partial charge in [0.1, 0.15) is 5.75 Å². The standard InChI is InChI=1S/C17H27NOS2/c1-4-16-17(21-12-11-20-16)15(18-2)10-7-13-5-8-14(19-3)9-6-13/h5-6,8-9,15-18H,4,7,10-12H2,1-3H3. The molecule has 0 radical (unpaired) electrons. The van der Waals surface area contributed by atoms with Gasteiger partial charge in [-0.3, -0.25) is 0 Å². The molecule has 0 saturated carbocycles. The molecule has 1 saturated heterocycles. The summed E-state index contributed by atoms with van der Waals surface area (Å²) < 4.78 is 5.22. The van der Waals surface area contributed by atoms with E-state index in [9.17, 15) is 0 Å². The molecule has 1 heterocycles. The maximum atomic E-state index is 5.22. The van der Waals surface area contributed by atoms with Crippen molar-refractivity contribution < 1.29 is 4.74 Å². The van der Waals surface area contributed by atoms with Gasteiger partial charge < -0.3 is 10.1 Å². The molecule has 0 amide bonds. The molecule has 1 N–H and O–H groups in total. The fraction of sp³-hybridized carbons (Fsp3) is 0.647. The quantitative estimate of drug-likeness (QED) is 0.822. The SMILES string of the molecule is CCC1SCCSC1C(CCc1ccc(OC)cc1)NC. The molecule has 1 aromatic carbocycles. The van der Waals surface area contributed by atoms with Crippen LogP contribution in [0.3, 0.4) is 0 Å². The number of hydrogen-bond donors (Lipinski definition) is 1. The number of aryl methyl sites for hydroxylation is 1. The Bertz CT molecular complexity index is 410. The van der Waals surface area contributed by atoms with Crippen LogP contribution in [0.1, 0.15) is 25.3 Å². The van der Waals surface area contributed by atoms with Gasteiger partial charge in [-0.25, -0.2) is 0 Å². The Balaban J connectivity index is 1.91. The van der Waals surface area contributed by atoms with Crippen LogP contribution in [0.4, 0.5) is 0 Å². The van der Waals surface area contributed by atoms with Crippen molar-refractivity contribution in [3.63, 3.8) is 0 Å². The van der Waals surface area contributed by atoms with Crippen LogP contribution >= 0.6 is 23.5 Å². The molecule has 3 unspecified atom stereocenters. The van der Waals surface area contributed by atoms with Gasteiger partial charge in [0.25, 0.3) is 0 Å². The molecule has 0 bridgehead atoms. The predicted molar refractivity (Wildman–Crippen MR) is 96.9 cm³/mol. The fourth-order valence-corrected chi connectivity index (χ4v) is 6.24. The summed E-state index contributed by atoms with van der Waals surface area (Å²) in [6, 6.07) is 9.10. The number of methoxy groups -OCH3 is 1. The molecular formula is C17H27NOS2. The number of ether oxygens (including phenoxy) is 1. The lowest BCUT2D eigenvalue weighted by atomic mass is 10.00. The van der Waals surface area contributed by atoms with Crippen molar-refractivity contribution in [2.75, 3.05) is 25.7 Å². The van der Waals surface area contributed by atoms with E-state index in [-0.39, 0.29) is 0 Å². The van der Waals surface area contributed by atoms with Gasteiger partial charge in [-0.1, -0.05) is 19.1 Å². The van der Waals surface area contributed by atoms with Gasteiger partial charge >= 0.3 is 0 Å². The maximum absolute atomic E-state index is 5.22. The second kappa shape index (κ2) is 8.96. The Morgan fingerprint density at radius 2 is 1.95 bits per heavy atom. The van der Waals surface area contributed by atoms with Gasteiger partial charge in [-0.15, -0.1) is 0 Å². The zero-order chi connectivity index (χ0) is 15.1. The molecule has 1 aliphatic heterocycles. The molecule has 0 aliphatic carbocycles. The molecule has 0 aromatic heterocycles. The number of thioether (sulfide) groups is 2. The van der Waals surface area contributed by atoms with E-state index < -0.39 is 0 Å². The smallest absolute Gasteiger partial charge is 0.118 e. The highest BCUT2D eigenvalue weighted by molar-refractivity contribution is 8.07. The van der Waals surface area contributed by atoms with Crippen LogP contribution in [0.15, 0.2) is 24.3 Å². The summed E-state index contributed by atoms with van der Waals surface area (Å²) >= 11 is 4.33. The van der Waals surface area contributed by atoms with Crippen molar-refractivity contribution >= 4 is 23.5 Å². The van der Waals surface area contributed by atoms with E-state index in [0.717, 1.165) is 22.7 Å². The Labute approximate surface area is 137 Å². The van der Waals surface area contributed by atoms with Crippen molar-refractivity contribution in [3.8, 4) is 5.75 Å². The van der Waals surface area contributed by atoms with Crippen molar-refractivity contribution in [2.45, 2.75) is 42.7 Å². The number of hydrogen-bond acceptors (Lipinski definition) is 4. The van der Waals surface area contributed by atoms with Crippen LogP contribution in [-0.4, -0.2) is 42.2 Å². The van der Waals surface area contributed by atoms with Gasteiger partial charge in [0.2, 0.25) is 0 Å². The zero-order valence-corrected chi connectivity index (χ0v) is 14.9. The third kappa shape index (κ3) is 4.83. The molecule has 21 heavy (non-hydrogen) atoms. The molecule has 4 heteroatoms. The van der Waals surface area contributed by atoms with Crippen LogP contribution in [-0.2, 0) is 6.42 Å². The van der Waals surface area contributed by atoms with Crippen LogP contribution in [0.2, 0.25) is 0 Å². The zero-order valence-electron chi connectivity index (χ0n) is 13.3. The highest BCUT2D eigenvalue weighted by Crippen LogP contribution is 2.36. The van der Waals surface area contributed by atoms with E-state index in [1.165, 1.54) is 29.9 Å². The molecule has 1 aromatic rings. The molecule has 2 nitrogen and oxygen atoms in total. The predicted octanol–water partition coefficient (Wildman–Crippen LogP) is 3.84. The summed E-state index contributed by atoms with van der Waals surface area (Å²) in [5, 5.41) is 5.12. The van der Waals surface area contributed by atoms with Crippen molar-refractivity contribution in [3.05, 3.63) is 29.8 Å². The normalized spacial score (nSPS) is 23.8. The topological polar surface area (TPSA) is 21.3 Å². The van der Waals surface area contributed by atoms with Gasteiger partial charge in [-0.2, -0.15) is 23.5 Å². The summed E-state index contributed by atoms with van der Waals surface area (Å²) in [7, 11) is 3.83. The lowest BCUT2D eigenvalue weighted by Crippen LogP contribution is -2.43. The van der Waals surface area contributed by atoms with Crippen LogP contribution in [0.5, 0.6) is 5.75 Å². The Hall–Kier alpha value is -0.320. The molecule has 2 rings (SSSR count). The summed E-state index contributed by atoms with van der Waals surface area (Å²) in [5.41, 5.74) is 1.40. The number of nitrogens with one attached hydrogen (secondary N) is 1. The molecule has 118 valence electrons. The van der Waals surface area contributed by atoms with E-state index in [2.05, 4.69) is 67.1 Å². The summed E-state index contributed by atoms with van der Waals surface area (Å²) in [6.45, 7) is 2.33. The lowest BCUT2D eigenvalue weighted by molar-refractivity contribution is 0.414. The molecule has 1 fully saturated rings. The molecule has 0 spiro atoms. The first-order chi connectivity index (χ1) is 10.3. The first-order valence-corrected chi connectivity index (χ1v) is 9.91. The van der Waals surface area contributed by atoms with Gasteiger partial charge in [0.05, 0.1) is 7.11 Å². The Morgan fingerprint density at radius 1 is 1.24 bits per heavy atom. The van der Waals surface area contributed by atoms with Gasteiger partial charge in [-0.05, 0) is 44.0 Å². The van der Waals surface area contributed by atoms with Crippen molar-refractivity contribution in [1.82, 2.24) is 5.32 Å². The van der Waals surface area contributed by atoms with Crippen LogP contribution in [0, 0.1) is 0 Å². The summed E-state index contributed by atoms with van der Waals surface area (Å²) in [6.07, 6.45) is 3.62. The monoisotopic (exact) mass is 325 g/mol. The first kappa shape index (κ1) is 17.0. The summed E-state index contributed by atoms with van der Waals surface area (Å²) in [5.74, 6) is 3.55. The van der Waals surface area contributed by atoms with Gasteiger partial charge in [0, 0.05) is 28.0 Å². The van der Waals surface area contributed by atoms with Gasteiger partial charge in [0.15, 0.2) is 0 Å². The average molecular weight is 326 g/mol. The maximum Gasteiger partial charge on any atom is 0.118 e. The van der Waals surface area contributed by atoms with Crippen molar-refractivity contribution in [2.24, 2.45) is 0 Å².